The molecule has 3 heteroatoms. The van der Waals surface area contributed by atoms with Gasteiger partial charge in [0, 0.05) is 24.0 Å². The number of hydrogen-bond acceptors (Lipinski definition) is 2. The number of aromatic nitrogens is 2. The molecule has 0 saturated heterocycles. The summed E-state index contributed by atoms with van der Waals surface area (Å²) in [4.78, 5) is 0. The molecule has 4 rings (SSSR count). The largest absolute Gasteiger partial charge is 0.385 e. The highest BCUT2D eigenvalue weighted by Gasteiger charge is 2.10. The molecule has 1 aromatic heterocycles. The summed E-state index contributed by atoms with van der Waals surface area (Å²) >= 11 is 0. The first-order chi connectivity index (χ1) is 10.4. The lowest BCUT2D eigenvalue weighted by Gasteiger charge is -2.18. The first kappa shape index (κ1) is 12.2. The standard InChI is InChI=1S/C18H17N3/c1-2-5-14(6-3-1)16-12-20-21(13-16)17-9-8-15-7-4-10-19-18(15)11-17/h1-3,5-6,8-9,11-13,19H,4,7,10H2. The maximum atomic E-state index is 4.50. The summed E-state index contributed by atoms with van der Waals surface area (Å²) in [5.41, 5.74) is 6.09. The molecule has 0 aliphatic carbocycles. The second kappa shape index (κ2) is 5.09. The van der Waals surface area contributed by atoms with Crippen molar-refractivity contribution in [3.05, 3.63) is 66.5 Å². The lowest BCUT2D eigenvalue weighted by Crippen LogP contribution is -2.12. The highest BCUT2D eigenvalue weighted by atomic mass is 15.3. The van der Waals surface area contributed by atoms with Crippen molar-refractivity contribution < 1.29 is 0 Å². The number of anilines is 1. The lowest BCUT2D eigenvalue weighted by molar-refractivity contribution is 0.824. The summed E-state index contributed by atoms with van der Waals surface area (Å²) in [6, 6.07) is 16.9. The molecule has 3 aromatic rings. The van der Waals surface area contributed by atoms with E-state index in [9.17, 15) is 0 Å². The maximum absolute atomic E-state index is 4.50. The van der Waals surface area contributed by atoms with Crippen LogP contribution in [0.2, 0.25) is 0 Å². The lowest BCUT2D eigenvalue weighted by atomic mass is 10.0. The zero-order valence-electron chi connectivity index (χ0n) is 11.8. The summed E-state index contributed by atoms with van der Waals surface area (Å²) < 4.78 is 1.94. The Morgan fingerprint density at radius 1 is 1.00 bits per heavy atom. The molecule has 1 aliphatic rings. The van der Waals surface area contributed by atoms with Gasteiger partial charge in [-0.25, -0.2) is 4.68 Å². The third-order valence-corrected chi connectivity index (χ3v) is 3.99. The number of nitrogens with one attached hydrogen (secondary N) is 1. The van der Waals surface area contributed by atoms with Crippen LogP contribution in [0.15, 0.2) is 60.9 Å². The molecule has 0 fully saturated rings. The van der Waals surface area contributed by atoms with Gasteiger partial charge in [0.25, 0.3) is 0 Å². The Morgan fingerprint density at radius 2 is 1.90 bits per heavy atom. The Labute approximate surface area is 124 Å². The van der Waals surface area contributed by atoms with E-state index >= 15 is 0 Å². The molecule has 1 aliphatic heterocycles. The predicted molar refractivity (Wildman–Crippen MR) is 85.8 cm³/mol. The van der Waals surface area contributed by atoms with E-state index in [0.717, 1.165) is 24.2 Å². The first-order valence-electron chi connectivity index (χ1n) is 7.37. The van der Waals surface area contributed by atoms with Crippen LogP contribution >= 0.6 is 0 Å². The summed E-state index contributed by atoms with van der Waals surface area (Å²) in [6.07, 6.45) is 6.38. The fraction of sp³-hybridized carbons (Fsp3) is 0.167. The Kier molecular flexibility index (Phi) is 2.96. The Bertz CT molecular complexity index is 759. The van der Waals surface area contributed by atoms with E-state index in [1.807, 2.05) is 16.9 Å². The molecule has 3 nitrogen and oxygen atoms in total. The van der Waals surface area contributed by atoms with Gasteiger partial charge in [-0.1, -0.05) is 36.4 Å². The molecule has 104 valence electrons. The van der Waals surface area contributed by atoms with Crippen LogP contribution in [0, 0.1) is 0 Å². The van der Waals surface area contributed by atoms with Gasteiger partial charge in [0.15, 0.2) is 0 Å². The van der Waals surface area contributed by atoms with Gasteiger partial charge in [-0.2, -0.15) is 5.10 Å². The van der Waals surface area contributed by atoms with Crippen molar-refractivity contribution in [2.24, 2.45) is 0 Å². The van der Waals surface area contributed by atoms with E-state index in [-0.39, 0.29) is 0 Å². The Morgan fingerprint density at radius 3 is 2.81 bits per heavy atom. The highest BCUT2D eigenvalue weighted by molar-refractivity contribution is 5.63. The minimum Gasteiger partial charge on any atom is -0.385 e. The van der Waals surface area contributed by atoms with Crippen LogP contribution in [-0.2, 0) is 6.42 Å². The van der Waals surface area contributed by atoms with E-state index < -0.39 is 0 Å². The van der Waals surface area contributed by atoms with E-state index in [1.165, 1.54) is 23.2 Å². The molecule has 0 unspecified atom stereocenters. The van der Waals surface area contributed by atoms with Gasteiger partial charge < -0.3 is 5.32 Å². The second-order valence-corrected chi connectivity index (χ2v) is 5.41. The number of nitrogens with zero attached hydrogens (tertiary/aromatic N) is 2. The van der Waals surface area contributed by atoms with Crippen molar-refractivity contribution in [1.82, 2.24) is 9.78 Å². The minimum atomic E-state index is 1.06. The molecule has 2 heterocycles. The molecule has 0 atom stereocenters. The van der Waals surface area contributed by atoms with Crippen LogP contribution in [0.5, 0.6) is 0 Å². The average Bonchev–Trinajstić information content (AvgIpc) is 3.05. The van der Waals surface area contributed by atoms with Gasteiger partial charge in [0.2, 0.25) is 0 Å². The van der Waals surface area contributed by atoms with Crippen molar-refractivity contribution in [3.8, 4) is 16.8 Å². The Balaban J connectivity index is 1.70. The molecule has 1 N–H and O–H groups in total. The summed E-state index contributed by atoms with van der Waals surface area (Å²) in [6.45, 7) is 1.06. The SMILES string of the molecule is c1ccc(-c2cnn(-c3ccc4c(c3)NCCC4)c2)cc1. The molecule has 0 saturated carbocycles. The third-order valence-electron chi connectivity index (χ3n) is 3.99. The molecular weight excluding hydrogens is 258 g/mol. The third kappa shape index (κ3) is 2.31. The number of benzene rings is 2. The molecule has 0 spiro atoms. The molecule has 0 amide bonds. The Hall–Kier alpha value is -2.55. The van der Waals surface area contributed by atoms with Gasteiger partial charge in [0.05, 0.1) is 11.9 Å². The zero-order valence-corrected chi connectivity index (χ0v) is 11.8. The van der Waals surface area contributed by atoms with Crippen LogP contribution in [-0.4, -0.2) is 16.3 Å². The van der Waals surface area contributed by atoms with Crippen LogP contribution < -0.4 is 5.32 Å². The van der Waals surface area contributed by atoms with Crippen molar-refractivity contribution in [2.75, 3.05) is 11.9 Å². The van der Waals surface area contributed by atoms with Crippen molar-refractivity contribution >= 4 is 5.69 Å². The van der Waals surface area contributed by atoms with Gasteiger partial charge in [-0.15, -0.1) is 0 Å². The number of rotatable bonds is 2. The summed E-state index contributed by atoms with van der Waals surface area (Å²) in [5.74, 6) is 0. The predicted octanol–water partition coefficient (Wildman–Crippen LogP) is 3.90. The zero-order chi connectivity index (χ0) is 14.1. The van der Waals surface area contributed by atoms with Crippen molar-refractivity contribution in [2.45, 2.75) is 12.8 Å². The highest BCUT2D eigenvalue weighted by Crippen LogP contribution is 2.26. The summed E-state index contributed by atoms with van der Waals surface area (Å²) in [7, 11) is 0. The van der Waals surface area contributed by atoms with E-state index in [4.69, 9.17) is 0 Å². The van der Waals surface area contributed by atoms with E-state index in [0.29, 0.717) is 0 Å². The normalized spacial score (nSPS) is 13.5. The number of fused-ring (bicyclic) bond motifs is 1. The van der Waals surface area contributed by atoms with Crippen molar-refractivity contribution in [3.63, 3.8) is 0 Å². The molecule has 0 radical (unpaired) electrons. The van der Waals surface area contributed by atoms with E-state index in [2.05, 4.69) is 59.1 Å². The van der Waals surface area contributed by atoms with Gasteiger partial charge in [-0.3, -0.25) is 0 Å². The topological polar surface area (TPSA) is 29.9 Å². The average molecular weight is 275 g/mol. The van der Waals surface area contributed by atoms with Gasteiger partial charge >= 0.3 is 0 Å². The van der Waals surface area contributed by atoms with Crippen LogP contribution in [0.1, 0.15) is 12.0 Å². The maximum Gasteiger partial charge on any atom is 0.0666 e. The van der Waals surface area contributed by atoms with Gasteiger partial charge in [-0.05, 0) is 36.1 Å². The summed E-state index contributed by atoms with van der Waals surface area (Å²) in [5, 5.41) is 7.97. The molecular formula is C18H17N3. The van der Waals surface area contributed by atoms with Crippen LogP contribution in [0.4, 0.5) is 5.69 Å². The first-order valence-corrected chi connectivity index (χ1v) is 7.37. The second-order valence-electron chi connectivity index (χ2n) is 5.41. The molecule has 2 aromatic carbocycles. The quantitative estimate of drug-likeness (QED) is 0.768. The number of hydrogen-bond donors (Lipinski definition) is 1. The fourth-order valence-electron chi connectivity index (χ4n) is 2.84. The van der Waals surface area contributed by atoms with E-state index in [1.54, 1.807) is 0 Å². The van der Waals surface area contributed by atoms with Crippen molar-refractivity contribution in [1.29, 1.82) is 0 Å². The minimum absolute atomic E-state index is 1.06. The van der Waals surface area contributed by atoms with Gasteiger partial charge in [0.1, 0.15) is 0 Å². The van der Waals surface area contributed by atoms with Crippen LogP contribution in [0.25, 0.3) is 16.8 Å². The smallest absolute Gasteiger partial charge is 0.0666 e. The molecule has 21 heavy (non-hydrogen) atoms. The fourth-order valence-corrected chi connectivity index (χ4v) is 2.84. The number of aryl methyl sites for hydroxylation is 1. The monoisotopic (exact) mass is 275 g/mol. The van der Waals surface area contributed by atoms with Crippen LogP contribution in [0.3, 0.4) is 0 Å². The molecule has 0 bridgehead atoms.